The number of ether oxygens (including phenoxy) is 1. The summed E-state index contributed by atoms with van der Waals surface area (Å²) in [4.78, 5) is 36.6. The molecule has 4 atom stereocenters. The van der Waals surface area contributed by atoms with Gasteiger partial charge < -0.3 is 15.2 Å². The summed E-state index contributed by atoms with van der Waals surface area (Å²) in [5, 5.41) is 12.6. The van der Waals surface area contributed by atoms with Crippen LogP contribution >= 0.6 is 0 Å². The minimum Gasteiger partial charge on any atom is -0.481 e. The van der Waals surface area contributed by atoms with Crippen molar-refractivity contribution >= 4 is 23.5 Å². The zero-order valence-corrected chi connectivity index (χ0v) is 18.7. The number of fused-ring (bicyclic) bond motifs is 1. The molecule has 1 saturated carbocycles. The Labute approximate surface area is 197 Å². The molecule has 1 aliphatic carbocycles. The summed E-state index contributed by atoms with van der Waals surface area (Å²) >= 11 is 0. The van der Waals surface area contributed by atoms with Gasteiger partial charge in [0.1, 0.15) is 5.75 Å². The van der Waals surface area contributed by atoms with Crippen LogP contribution in [0.2, 0.25) is 0 Å². The SMILES string of the molecule is C[C@H]1C(C(=O)O)[C@H](c2ccccc2)C1C(=O)Oc1cccc(-c2ccc3c(c2)CCC(=O)N3)c1. The van der Waals surface area contributed by atoms with Gasteiger partial charge in [-0.25, -0.2) is 0 Å². The van der Waals surface area contributed by atoms with Gasteiger partial charge in [-0.15, -0.1) is 0 Å². The lowest BCUT2D eigenvalue weighted by Gasteiger charge is -2.47. The summed E-state index contributed by atoms with van der Waals surface area (Å²) in [7, 11) is 0. The monoisotopic (exact) mass is 455 g/mol. The van der Waals surface area contributed by atoms with Crippen LogP contribution in [0.5, 0.6) is 5.75 Å². The number of rotatable bonds is 5. The van der Waals surface area contributed by atoms with Crippen molar-refractivity contribution in [3.05, 3.63) is 83.9 Å². The molecule has 2 N–H and O–H groups in total. The first-order chi connectivity index (χ1) is 16.4. The van der Waals surface area contributed by atoms with E-state index in [1.807, 2.05) is 66.7 Å². The van der Waals surface area contributed by atoms with E-state index in [1.165, 1.54) is 0 Å². The van der Waals surface area contributed by atoms with Gasteiger partial charge in [0.25, 0.3) is 0 Å². The number of carbonyl (C=O) groups is 3. The summed E-state index contributed by atoms with van der Waals surface area (Å²) in [5.74, 6) is -2.75. The maximum atomic E-state index is 13.2. The van der Waals surface area contributed by atoms with Crippen LogP contribution in [0.15, 0.2) is 72.8 Å². The number of aryl methyl sites for hydroxylation is 1. The summed E-state index contributed by atoms with van der Waals surface area (Å²) in [5.41, 5.74) is 4.62. The first-order valence-corrected chi connectivity index (χ1v) is 11.4. The van der Waals surface area contributed by atoms with Crippen molar-refractivity contribution in [2.24, 2.45) is 17.8 Å². The van der Waals surface area contributed by atoms with E-state index in [0.29, 0.717) is 18.6 Å². The Hall–Kier alpha value is -3.93. The number of carboxylic acids is 1. The first-order valence-electron chi connectivity index (χ1n) is 11.4. The number of aliphatic carboxylic acids is 1. The second kappa shape index (κ2) is 8.78. The fourth-order valence-corrected chi connectivity index (χ4v) is 5.27. The summed E-state index contributed by atoms with van der Waals surface area (Å²) in [6, 6.07) is 22.5. The van der Waals surface area contributed by atoms with E-state index in [-0.39, 0.29) is 11.8 Å². The summed E-state index contributed by atoms with van der Waals surface area (Å²) in [6.07, 6.45) is 1.16. The Kier molecular flexibility index (Phi) is 5.65. The molecule has 2 unspecified atom stereocenters. The quantitative estimate of drug-likeness (QED) is 0.422. The second-order valence-electron chi connectivity index (χ2n) is 9.05. The highest BCUT2D eigenvalue weighted by Gasteiger charge is 2.56. The van der Waals surface area contributed by atoms with Crippen LogP contribution in [0.4, 0.5) is 5.69 Å². The van der Waals surface area contributed by atoms with Gasteiger partial charge in [-0.05, 0) is 58.9 Å². The molecule has 1 amide bonds. The van der Waals surface area contributed by atoms with E-state index in [2.05, 4.69) is 5.32 Å². The van der Waals surface area contributed by atoms with Gasteiger partial charge in [0.2, 0.25) is 5.91 Å². The van der Waals surface area contributed by atoms with E-state index in [4.69, 9.17) is 4.74 Å². The Morgan fingerprint density at radius 3 is 2.44 bits per heavy atom. The van der Waals surface area contributed by atoms with Gasteiger partial charge >= 0.3 is 11.9 Å². The number of benzene rings is 3. The zero-order chi connectivity index (χ0) is 23.8. The van der Waals surface area contributed by atoms with Crippen LogP contribution < -0.4 is 10.1 Å². The van der Waals surface area contributed by atoms with Gasteiger partial charge in [-0.2, -0.15) is 0 Å². The van der Waals surface area contributed by atoms with E-state index >= 15 is 0 Å². The van der Waals surface area contributed by atoms with Crippen molar-refractivity contribution in [2.75, 3.05) is 5.32 Å². The second-order valence-corrected chi connectivity index (χ2v) is 9.05. The normalized spacial score (nSPS) is 23.3. The van der Waals surface area contributed by atoms with Crippen LogP contribution in [-0.4, -0.2) is 23.0 Å². The predicted octanol–water partition coefficient (Wildman–Crippen LogP) is 4.89. The lowest BCUT2D eigenvalue weighted by molar-refractivity contribution is -0.162. The standard InChI is InChI=1S/C28H25NO5/c1-16-24(27(31)32)26(17-6-3-2-4-7-17)25(16)28(33)34-21-9-5-8-18(15-21)19-10-12-22-20(14-19)11-13-23(30)29-22/h2-10,12,14-16,24-26H,11,13H2,1H3,(H,29,30)(H,31,32)/t16-,24?,25?,26-/m0/s1. The molecular formula is C28H25NO5. The van der Waals surface area contributed by atoms with Crippen molar-refractivity contribution in [2.45, 2.75) is 25.7 Å². The summed E-state index contributed by atoms with van der Waals surface area (Å²) < 4.78 is 5.77. The molecule has 172 valence electrons. The van der Waals surface area contributed by atoms with E-state index in [9.17, 15) is 19.5 Å². The third-order valence-corrected chi connectivity index (χ3v) is 7.04. The fraction of sp³-hybridized carbons (Fsp3) is 0.250. The smallest absolute Gasteiger partial charge is 0.315 e. The highest BCUT2D eigenvalue weighted by atomic mass is 16.5. The average Bonchev–Trinajstić information content (AvgIpc) is 2.82. The topological polar surface area (TPSA) is 92.7 Å². The number of hydrogen-bond donors (Lipinski definition) is 2. The predicted molar refractivity (Wildman–Crippen MR) is 127 cm³/mol. The molecule has 0 spiro atoms. The van der Waals surface area contributed by atoms with Crippen molar-refractivity contribution < 1.29 is 24.2 Å². The minimum atomic E-state index is -0.893. The molecular weight excluding hydrogens is 430 g/mol. The molecule has 0 radical (unpaired) electrons. The molecule has 1 heterocycles. The molecule has 6 nitrogen and oxygen atoms in total. The number of carboxylic acid groups (broad SMARTS) is 1. The van der Waals surface area contributed by atoms with Crippen LogP contribution in [0.3, 0.4) is 0 Å². The Morgan fingerprint density at radius 2 is 1.68 bits per heavy atom. The van der Waals surface area contributed by atoms with Crippen molar-refractivity contribution in [1.82, 2.24) is 0 Å². The van der Waals surface area contributed by atoms with Gasteiger partial charge in [0.05, 0.1) is 11.8 Å². The molecule has 5 rings (SSSR count). The summed E-state index contributed by atoms with van der Waals surface area (Å²) in [6.45, 7) is 1.80. The van der Waals surface area contributed by atoms with Crippen molar-refractivity contribution in [1.29, 1.82) is 0 Å². The van der Waals surface area contributed by atoms with Crippen LogP contribution in [-0.2, 0) is 20.8 Å². The number of carbonyl (C=O) groups excluding carboxylic acids is 2. The maximum Gasteiger partial charge on any atom is 0.315 e. The molecule has 6 heteroatoms. The molecule has 3 aromatic rings. The van der Waals surface area contributed by atoms with E-state index in [0.717, 1.165) is 27.9 Å². The van der Waals surface area contributed by atoms with Gasteiger partial charge in [-0.3, -0.25) is 14.4 Å². The zero-order valence-electron chi connectivity index (χ0n) is 18.7. The third-order valence-electron chi connectivity index (χ3n) is 7.04. The third kappa shape index (κ3) is 3.96. The number of amides is 1. The number of anilines is 1. The minimum absolute atomic E-state index is 0.0262. The Balaban J connectivity index is 1.37. The molecule has 1 fully saturated rings. The molecule has 0 bridgehead atoms. The fourth-order valence-electron chi connectivity index (χ4n) is 5.27. The molecule has 0 saturated heterocycles. The van der Waals surface area contributed by atoms with Crippen LogP contribution in [0.1, 0.15) is 30.4 Å². The maximum absolute atomic E-state index is 13.2. The Bertz CT molecular complexity index is 1270. The van der Waals surface area contributed by atoms with Crippen molar-refractivity contribution in [3.8, 4) is 16.9 Å². The van der Waals surface area contributed by atoms with E-state index < -0.39 is 29.7 Å². The number of nitrogens with one attached hydrogen (secondary N) is 1. The largest absolute Gasteiger partial charge is 0.481 e. The lowest BCUT2D eigenvalue weighted by atomic mass is 9.55. The molecule has 3 aromatic carbocycles. The van der Waals surface area contributed by atoms with Crippen LogP contribution in [0, 0.1) is 17.8 Å². The van der Waals surface area contributed by atoms with Crippen molar-refractivity contribution in [3.63, 3.8) is 0 Å². The molecule has 0 aromatic heterocycles. The Morgan fingerprint density at radius 1 is 0.912 bits per heavy atom. The first kappa shape index (κ1) is 21.9. The van der Waals surface area contributed by atoms with Gasteiger partial charge in [0.15, 0.2) is 0 Å². The molecule has 2 aliphatic rings. The molecule has 34 heavy (non-hydrogen) atoms. The lowest BCUT2D eigenvalue weighted by Crippen LogP contribution is -2.52. The van der Waals surface area contributed by atoms with E-state index in [1.54, 1.807) is 13.0 Å². The number of hydrogen-bond acceptors (Lipinski definition) is 4. The van der Waals surface area contributed by atoms with Gasteiger partial charge in [-0.1, -0.05) is 55.5 Å². The highest BCUT2D eigenvalue weighted by Crippen LogP contribution is 2.52. The molecule has 1 aliphatic heterocycles. The average molecular weight is 456 g/mol. The van der Waals surface area contributed by atoms with Gasteiger partial charge in [0, 0.05) is 18.0 Å². The highest BCUT2D eigenvalue weighted by molar-refractivity contribution is 5.94. The van der Waals surface area contributed by atoms with Crippen LogP contribution in [0.25, 0.3) is 11.1 Å². The number of esters is 1.